The van der Waals surface area contributed by atoms with Crippen LogP contribution < -0.4 is 5.32 Å². The summed E-state index contributed by atoms with van der Waals surface area (Å²) < 4.78 is 0. The Morgan fingerprint density at radius 2 is 1.17 bits per heavy atom. The van der Waals surface area contributed by atoms with Gasteiger partial charge in [-0.05, 0) is 24.0 Å². The monoisotopic (exact) mass is 409 g/mol. The molecule has 0 saturated heterocycles. The number of carboxylic acid groups (broad SMARTS) is 1. The van der Waals surface area contributed by atoms with Gasteiger partial charge in [-0.1, -0.05) is 99.2 Å². The molecule has 0 atom stereocenters. The first-order valence-electron chi connectivity index (χ1n) is 11.2. The number of amides is 1. The second-order valence-electron chi connectivity index (χ2n) is 7.90. The van der Waals surface area contributed by atoms with Gasteiger partial charge in [0.05, 0.1) is 0 Å². The molecular formula is C26H35NO3. The van der Waals surface area contributed by atoms with Gasteiger partial charge in [-0.25, -0.2) is 0 Å². The summed E-state index contributed by atoms with van der Waals surface area (Å²) in [5.74, 6) is -0.518. The van der Waals surface area contributed by atoms with E-state index < -0.39 is 5.97 Å². The molecule has 162 valence electrons. The van der Waals surface area contributed by atoms with Crippen LogP contribution in [-0.4, -0.2) is 23.5 Å². The molecular weight excluding hydrogens is 374 g/mol. The Balaban J connectivity index is 1.62. The number of rotatable bonds is 15. The molecule has 0 heterocycles. The van der Waals surface area contributed by atoms with Gasteiger partial charge in [-0.3, -0.25) is 9.59 Å². The minimum atomic E-state index is -0.698. The quantitative estimate of drug-likeness (QED) is 0.359. The standard InChI is InChI=1S/C26H35NO3/c28-25(27-20-14-6-4-2-1-3-5-13-19-26(29)30)21-24(22-15-9-7-10-16-22)23-17-11-8-12-18-23/h7-12,15-18,24H,1-6,13-14,19-21H2,(H,27,28)(H,29,30). The molecule has 0 radical (unpaired) electrons. The van der Waals surface area contributed by atoms with Crippen molar-refractivity contribution in [3.05, 3.63) is 71.8 Å². The highest BCUT2D eigenvalue weighted by atomic mass is 16.4. The van der Waals surface area contributed by atoms with Crippen molar-refractivity contribution in [3.63, 3.8) is 0 Å². The lowest BCUT2D eigenvalue weighted by atomic mass is 9.88. The van der Waals surface area contributed by atoms with Crippen LogP contribution in [0.3, 0.4) is 0 Å². The zero-order valence-electron chi connectivity index (χ0n) is 17.9. The summed E-state index contributed by atoms with van der Waals surface area (Å²) in [5, 5.41) is 11.7. The van der Waals surface area contributed by atoms with Crippen LogP contribution in [0.5, 0.6) is 0 Å². The Morgan fingerprint density at radius 1 is 0.700 bits per heavy atom. The number of unbranched alkanes of at least 4 members (excludes halogenated alkanes) is 7. The largest absolute Gasteiger partial charge is 0.481 e. The molecule has 4 nitrogen and oxygen atoms in total. The van der Waals surface area contributed by atoms with E-state index in [9.17, 15) is 9.59 Å². The molecule has 0 spiro atoms. The van der Waals surface area contributed by atoms with E-state index in [-0.39, 0.29) is 18.2 Å². The third-order valence-corrected chi connectivity index (χ3v) is 5.43. The molecule has 0 bridgehead atoms. The number of hydrogen-bond donors (Lipinski definition) is 2. The van der Waals surface area contributed by atoms with Crippen LogP contribution in [0.2, 0.25) is 0 Å². The summed E-state index contributed by atoms with van der Waals surface area (Å²) in [6.07, 6.45) is 9.31. The first kappa shape index (κ1) is 23.7. The summed E-state index contributed by atoms with van der Waals surface area (Å²) in [7, 11) is 0. The summed E-state index contributed by atoms with van der Waals surface area (Å²) in [5.41, 5.74) is 2.34. The van der Waals surface area contributed by atoms with Gasteiger partial charge in [0.2, 0.25) is 5.91 Å². The lowest BCUT2D eigenvalue weighted by Crippen LogP contribution is -2.26. The van der Waals surface area contributed by atoms with Gasteiger partial charge in [0, 0.05) is 25.3 Å². The molecule has 0 aliphatic rings. The van der Waals surface area contributed by atoms with Crippen molar-refractivity contribution >= 4 is 11.9 Å². The van der Waals surface area contributed by atoms with Crippen molar-refractivity contribution in [2.45, 2.75) is 70.1 Å². The summed E-state index contributed by atoms with van der Waals surface area (Å²) in [6, 6.07) is 20.5. The summed E-state index contributed by atoms with van der Waals surface area (Å²) in [6.45, 7) is 0.730. The van der Waals surface area contributed by atoms with Gasteiger partial charge in [-0.2, -0.15) is 0 Å². The van der Waals surface area contributed by atoms with Crippen molar-refractivity contribution in [1.29, 1.82) is 0 Å². The van der Waals surface area contributed by atoms with Crippen LogP contribution in [0, 0.1) is 0 Å². The van der Waals surface area contributed by atoms with E-state index in [4.69, 9.17) is 5.11 Å². The Bertz CT molecular complexity index is 691. The predicted octanol–water partition coefficient (Wildman–Crippen LogP) is 5.92. The number of carboxylic acids is 1. The van der Waals surface area contributed by atoms with Gasteiger partial charge in [-0.15, -0.1) is 0 Å². The fourth-order valence-corrected chi connectivity index (χ4v) is 3.75. The number of aliphatic carboxylic acids is 1. The fraction of sp³-hybridized carbons (Fsp3) is 0.462. The zero-order valence-corrected chi connectivity index (χ0v) is 17.9. The highest BCUT2D eigenvalue weighted by Crippen LogP contribution is 2.27. The van der Waals surface area contributed by atoms with Crippen molar-refractivity contribution in [2.75, 3.05) is 6.54 Å². The maximum absolute atomic E-state index is 12.5. The second kappa shape index (κ2) is 14.4. The third kappa shape index (κ3) is 9.73. The normalized spacial score (nSPS) is 10.8. The van der Waals surface area contributed by atoms with E-state index in [1.807, 2.05) is 36.4 Å². The van der Waals surface area contributed by atoms with Gasteiger partial charge < -0.3 is 10.4 Å². The van der Waals surface area contributed by atoms with E-state index in [0.29, 0.717) is 6.42 Å². The van der Waals surface area contributed by atoms with Gasteiger partial charge in [0.25, 0.3) is 0 Å². The molecule has 4 heteroatoms. The minimum absolute atomic E-state index is 0.0773. The van der Waals surface area contributed by atoms with Crippen LogP contribution in [0.15, 0.2) is 60.7 Å². The SMILES string of the molecule is O=C(O)CCCCCCCCCCNC(=O)CC(c1ccccc1)c1ccccc1. The molecule has 0 aliphatic heterocycles. The molecule has 0 aliphatic carbocycles. The van der Waals surface area contributed by atoms with E-state index in [0.717, 1.165) is 38.6 Å². The van der Waals surface area contributed by atoms with Crippen LogP contribution >= 0.6 is 0 Å². The van der Waals surface area contributed by atoms with Crippen molar-refractivity contribution in [1.82, 2.24) is 5.32 Å². The molecule has 2 N–H and O–H groups in total. The Hall–Kier alpha value is -2.62. The number of benzene rings is 2. The van der Waals surface area contributed by atoms with Crippen molar-refractivity contribution < 1.29 is 14.7 Å². The van der Waals surface area contributed by atoms with E-state index in [1.165, 1.54) is 30.4 Å². The van der Waals surface area contributed by atoms with Gasteiger partial charge in [0.1, 0.15) is 0 Å². The number of carbonyl (C=O) groups is 2. The average Bonchev–Trinajstić information content (AvgIpc) is 2.77. The Morgan fingerprint density at radius 3 is 1.67 bits per heavy atom. The zero-order chi connectivity index (χ0) is 21.4. The van der Waals surface area contributed by atoms with E-state index in [2.05, 4.69) is 29.6 Å². The molecule has 0 fully saturated rings. The summed E-state index contributed by atoms with van der Waals surface area (Å²) in [4.78, 5) is 23.0. The van der Waals surface area contributed by atoms with Gasteiger partial charge in [0.15, 0.2) is 0 Å². The lowest BCUT2D eigenvalue weighted by Gasteiger charge is -2.18. The summed E-state index contributed by atoms with van der Waals surface area (Å²) >= 11 is 0. The molecule has 2 aromatic carbocycles. The second-order valence-corrected chi connectivity index (χ2v) is 7.90. The predicted molar refractivity (Wildman–Crippen MR) is 122 cm³/mol. The Kier molecular flexibility index (Phi) is 11.3. The van der Waals surface area contributed by atoms with Crippen LogP contribution in [0.4, 0.5) is 0 Å². The number of hydrogen-bond acceptors (Lipinski definition) is 2. The van der Waals surface area contributed by atoms with Crippen molar-refractivity contribution in [2.24, 2.45) is 0 Å². The topological polar surface area (TPSA) is 66.4 Å². The maximum atomic E-state index is 12.5. The Labute approximate surface area is 180 Å². The molecule has 2 rings (SSSR count). The van der Waals surface area contributed by atoms with Crippen molar-refractivity contribution in [3.8, 4) is 0 Å². The van der Waals surface area contributed by atoms with Gasteiger partial charge >= 0.3 is 5.97 Å². The minimum Gasteiger partial charge on any atom is -0.481 e. The molecule has 2 aromatic rings. The lowest BCUT2D eigenvalue weighted by molar-refractivity contribution is -0.137. The fourth-order valence-electron chi connectivity index (χ4n) is 3.75. The highest BCUT2D eigenvalue weighted by molar-refractivity contribution is 5.77. The smallest absolute Gasteiger partial charge is 0.303 e. The molecule has 0 aromatic heterocycles. The van der Waals surface area contributed by atoms with E-state index >= 15 is 0 Å². The highest BCUT2D eigenvalue weighted by Gasteiger charge is 2.17. The third-order valence-electron chi connectivity index (χ3n) is 5.43. The average molecular weight is 410 g/mol. The first-order valence-corrected chi connectivity index (χ1v) is 11.2. The first-order chi connectivity index (χ1) is 14.7. The molecule has 0 saturated carbocycles. The maximum Gasteiger partial charge on any atom is 0.303 e. The van der Waals surface area contributed by atoms with Crippen LogP contribution in [0.1, 0.15) is 81.3 Å². The number of nitrogens with one attached hydrogen (secondary N) is 1. The van der Waals surface area contributed by atoms with Crippen LogP contribution in [0.25, 0.3) is 0 Å². The van der Waals surface area contributed by atoms with E-state index in [1.54, 1.807) is 0 Å². The molecule has 1 amide bonds. The number of carbonyl (C=O) groups excluding carboxylic acids is 1. The molecule has 30 heavy (non-hydrogen) atoms. The van der Waals surface area contributed by atoms with Crippen LogP contribution in [-0.2, 0) is 9.59 Å². The molecule has 0 unspecified atom stereocenters.